The number of nitrogens with zero attached hydrogens (tertiary/aromatic N) is 1. The molecular weight excluding hydrogens is 148 g/mol. The van der Waals surface area contributed by atoms with Crippen molar-refractivity contribution < 1.29 is 0 Å². The molecule has 0 bridgehead atoms. The maximum atomic E-state index is 3.98. The van der Waals surface area contributed by atoms with Crippen molar-refractivity contribution in [2.45, 2.75) is 31.8 Å². The second kappa shape index (κ2) is 2.87. The predicted molar refractivity (Wildman–Crippen MR) is 48.7 cm³/mol. The molecule has 0 amide bonds. The summed E-state index contributed by atoms with van der Waals surface area (Å²) < 4.78 is 0. The van der Waals surface area contributed by atoms with Gasteiger partial charge in [-0.25, -0.2) is 0 Å². The summed E-state index contributed by atoms with van der Waals surface area (Å²) in [5.74, 6) is 0. The van der Waals surface area contributed by atoms with Crippen LogP contribution in [0.15, 0.2) is 24.5 Å². The van der Waals surface area contributed by atoms with E-state index in [1.54, 1.807) is 0 Å². The Kier molecular flexibility index (Phi) is 1.85. The number of hydrogen-bond acceptors (Lipinski definition) is 2. The van der Waals surface area contributed by atoms with Crippen LogP contribution < -0.4 is 5.32 Å². The third-order valence-corrected chi connectivity index (χ3v) is 2.47. The summed E-state index contributed by atoms with van der Waals surface area (Å²) in [6.07, 6.45) is 6.31. The summed E-state index contributed by atoms with van der Waals surface area (Å²) in [7, 11) is 0. The SMILES string of the molecule is CC1(NCc2ccncc2)CC1. The Labute approximate surface area is 73.0 Å². The largest absolute Gasteiger partial charge is 0.307 e. The molecule has 0 atom stereocenters. The number of rotatable bonds is 3. The van der Waals surface area contributed by atoms with Gasteiger partial charge in [0.1, 0.15) is 0 Å². The molecule has 2 heteroatoms. The van der Waals surface area contributed by atoms with Crippen molar-refractivity contribution >= 4 is 0 Å². The molecule has 0 saturated heterocycles. The van der Waals surface area contributed by atoms with Crippen LogP contribution in [0.5, 0.6) is 0 Å². The minimum atomic E-state index is 0.434. The topological polar surface area (TPSA) is 24.9 Å². The molecule has 1 fully saturated rings. The highest BCUT2D eigenvalue weighted by Crippen LogP contribution is 2.34. The quantitative estimate of drug-likeness (QED) is 0.732. The molecule has 1 aliphatic rings. The summed E-state index contributed by atoms with van der Waals surface area (Å²) >= 11 is 0. The van der Waals surface area contributed by atoms with Gasteiger partial charge in [0.2, 0.25) is 0 Å². The molecule has 12 heavy (non-hydrogen) atoms. The van der Waals surface area contributed by atoms with Gasteiger partial charge in [0.15, 0.2) is 0 Å². The second-order valence-corrected chi connectivity index (χ2v) is 3.77. The molecule has 2 nitrogen and oxygen atoms in total. The summed E-state index contributed by atoms with van der Waals surface area (Å²) in [4.78, 5) is 3.98. The van der Waals surface area contributed by atoms with Crippen LogP contribution >= 0.6 is 0 Å². The average Bonchev–Trinajstić information content (AvgIpc) is 2.84. The third kappa shape index (κ3) is 1.83. The van der Waals surface area contributed by atoms with Crippen LogP contribution in [0, 0.1) is 0 Å². The Morgan fingerprint density at radius 2 is 2.08 bits per heavy atom. The van der Waals surface area contributed by atoms with Crippen molar-refractivity contribution in [2.75, 3.05) is 0 Å². The van der Waals surface area contributed by atoms with Crippen molar-refractivity contribution in [1.82, 2.24) is 10.3 Å². The summed E-state index contributed by atoms with van der Waals surface area (Å²) in [6.45, 7) is 3.24. The van der Waals surface area contributed by atoms with E-state index in [0.29, 0.717) is 5.54 Å². The molecule has 64 valence electrons. The molecule has 0 unspecified atom stereocenters. The average molecular weight is 162 g/mol. The van der Waals surface area contributed by atoms with Crippen LogP contribution in [-0.2, 0) is 6.54 Å². The van der Waals surface area contributed by atoms with Crippen LogP contribution in [-0.4, -0.2) is 10.5 Å². The summed E-state index contributed by atoms with van der Waals surface area (Å²) in [5.41, 5.74) is 1.75. The van der Waals surface area contributed by atoms with E-state index in [0.717, 1.165) is 6.54 Å². The first-order valence-electron chi connectivity index (χ1n) is 4.42. The Hall–Kier alpha value is -0.890. The Bertz CT molecular complexity index is 252. The van der Waals surface area contributed by atoms with Gasteiger partial charge in [0.05, 0.1) is 0 Å². The highest BCUT2D eigenvalue weighted by molar-refractivity contribution is 5.11. The molecule has 1 aromatic rings. The number of pyridine rings is 1. The monoisotopic (exact) mass is 162 g/mol. The van der Waals surface area contributed by atoms with Crippen LogP contribution in [0.3, 0.4) is 0 Å². The minimum Gasteiger partial charge on any atom is -0.307 e. The van der Waals surface area contributed by atoms with Gasteiger partial charge in [-0.15, -0.1) is 0 Å². The van der Waals surface area contributed by atoms with Crippen LogP contribution in [0.2, 0.25) is 0 Å². The van der Waals surface area contributed by atoms with E-state index in [1.165, 1.54) is 18.4 Å². The number of hydrogen-bond donors (Lipinski definition) is 1. The molecule has 1 aliphatic carbocycles. The molecule has 0 aliphatic heterocycles. The van der Waals surface area contributed by atoms with Crippen molar-refractivity contribution in [3.8, 4) is 0 Å². The number of aromatic nitrogens is 1. The Morgan fingerprint density at radius 3 is 2.67 bits per heavy atom. The molecule has 1 heterocycles. The summed E-state index contributed by atoms with van der Waals surface area (Å²) in [5, 5.41) is 3.52. The van der Waals surface area contributed by atoms with Gasteiger partial charge in [-0.3, -0.25) is 4.98 Å². The molecule has 0 spiro atoms. The van der Waals surface area contributed by atoms with Gasteiger partial charge >= 0.3 is 0 Å². The fraction of sp³-hybridized carbons (Fsp3) is 0.500. The van der Waals surface area contributed by atoms with Gasteiger partial charge in [0.25, 0.3) is 0 Å². The van der Waals surface area contributed by atoms with Gasteiger partial charge in [-0.1, -0.05) is 0 Å². The fourth-order valence-corrected chi connectivity index (χ4v) is 1.18. The molecule has 1 saturated carbocycles. The van der Waals surface area contributed by atoms with E-state index in [1.807, 2.05) is 12.4 Å². The van der Waals surface area contributed by atoms with Crippen molar-refractivity contribution in [3.63, 3.8) is 0 Å². The first-order chi connectivity index (χ1) is 5.79. The van der Waals surface area contributed by atoms with Gasteiger partial charge in [-0.2, -0.15) is 0 Å². The maximum absolute atomic E-state index is 3.98. The van der Waals surface area contributed by atoms with Crippen LogP contribution in [0.25, 0.3) is 0 Å². The molecular formula is C10H14N2. The van der Waals surface area contributed by atoms with E-state index < -0.39 is 0 Å². The van der Waals surface area contributed by atoms with Gasteiger partial charge < -0.3 is 5.32 Å². The minimum absolute atomic E-state index is 0.434. The zero-order valence-corrected chi connectivity index (χ0v) is 7.38. The zero-order chi connectivity index (χ0) is 8.44. The smallest absolute Gasteiger partial charge is 0.0271 e. The van der Waals surface area contributed by atoms with E-state index in [4.69, 9.17) is 0 Å². The van der Waals surface area contributed by atoms with E-state index >= 15 is 0 Å². The lowest BCUT2D eigenvalue weighted by molar-refractivity contribution is 0.537. The van der Waals surface area contributed by atoms with Crippen LogP contribution in [0.1, 0.15) is 25.3 Å². The maximum Gasteiger partial charge on any atom is 0.0271 e. The highest BCUT2D eigenvalue weighted by atomic mass is 15.0. The van der Waals surface area contributed by atoms with Crippen molar-refractivity contribution in [3.05, 3.63) is 30.1 Å². The molecule has 2 rings (SSSR count). The fourth-order valence-electron chi connectivity index (χ4n) is 1.18. The van der Waals surface area contributed by atoms with E-state index in [2.05, 4.69) is 29.4 Å². The van der Waals surface area contributed by atoms with Gasteiger partial charge in [-0.05, 0) is 37.5 Å². The lowest BCUT2D eigenvalue weighted by Gasteiger charge is -2.10. The zero-order valence-electron chi connectivity index (χ0n) is 7.38. The van der Waals surface area contributed by atoms with Crippen molar-refractivity contribution in [2.24, 2.45) is 0 Å². The van der Waals surface area contributed by atoms with Crippen LogP contribution in [0.4, 0.5) is 0 Å². The molecule has 1 N–H and O–H groups in total. The summed E-state index contributed by atoms with van der Waals surface area (Å²) in [6, 6.07) is 4.11. The van der Waals surface area contributed by atoms with E-state index in [-0.39, 0.29) is 0 Å². The number of nitrogens with one attached hydrogen (secondary N) is 1. The first-order valence-corrected chi connectivity index (χ1v) is 4.42. The van der Waals surface area contributed by atoms with Gasteiger partial charge in [0, 0.05) is 24.5 Å². The highest BCUT2D eigenvalue weighted by Gasteiger charge is 2.36. The lowest BCUT2D eigenvalue weighted by atomic mass is 10.2. The first kappa shape index (κ1) is 7.74. The Morgan fingerprint density at radius 1 is 1.42 bits per heavy atom. The van der Waals surface area contributed by atoms with Crippen molar-refractivity contribution in [1.29, 1.82) is 0 Å². The molecule has 0 radical (unpaired) electrons. The normalized spacial score (nSPS) is 19.1. The van der Waals surface area contributed by atoms with E-state index in [9.17, 15) is 0 Å². The Balaban J connectivity index is 1.88. The molecule has 1 aromatic heterocycles. The second-order valence-electron chi connectivity index (χ2n) is 3.77. The predicted octanol–water partition coefficient (Wildman–Crippen LogP) is 1.72. The molecule has 0 aromatic carbocycles. The lowest BCUT2D eigenvalue weighted by Crippen LogP contribution is -2.26. The standard InChI is InChI=1S/C10H14N2/c1-10(4-5-10)12-8-9-2-6-11-7-3-9/h2-3,6-7,12H,4-5,8H2,1H3. The third-order valence-electron chi connectivity index (χ3n) is 2.47.